The fourth-order valence-corrected chi connectivity index (χ4v) is 2.16. The minimum absolute atomic E-state index is 0.248. The maximum Gasteiger partial charge on any atom is 0.148 e. The van der Waals surface area contributed by atoms with E-state index in [9.17, 15) is 0 Å². The summed E-state index contributed by atoms with van der Waals surface area (Å²) in [5.41, 5.74) is 1.82. The number of hydrogen-bond acceptors (Lipinski definition) is 3. The lowest BCUT2D eigenvalue weighted by atomic mass is 10.2. The van der Waals surface area contributed by atoms with Crippen molar-refractivity contribution in [2.24, 2.45) is 4.99 Å². The van der Waals surface area contributed by atoms with Crippen molar-refractivity contribution >= 4 is 27.8 Å². The van der Waals surface area contributed by atoms with Gasteiger partial charge in [-0.25, -0.2) is 0 Å². The van der Waals surface area contributed by atoms with Gasteiger partial charge in [0.25, 0.3) is 0 Å². The summed E-state index contributed by atoms with van der Waals surface area (Å²) in [7, 11) is 1.64. The average molecular weight is 344 g/mol. The summed E-state index contributed by atoms with van der Waals surface area (Å²) in [5, 5.41) is 0. The molecule has 0 amide bonds. The number of rotatable bonds is 5. The Bertz CT molecular complexity index is 672. The monoisotopic (exact) mass is 343 g/mol. The zero-order chi connectivity index (χ0) is 15.1. The lowest BCUT2D eigenvalue weighted by molar-refractivity contribution is 0.368. The molecule has 0 heterocycles. The van der Waals surface area contributed by atoms with E-state index in [-0.39, 0.29) is 6.61 Å². The first-order valence-electron chi connectivity index (χ1n) is 6.27. The molecule has 21 heavy (non-hydrogen) atoms. The molecule has 0 atom stereocenters. The molecule has 0 bridgehead atoms. The van der Waals surface area contributed by atoms with Crippen LogP contribution in [0.15, 0.2) is 51.9 Å². The number of aliphatic imine (C=N–C) groups is 1. The van der Waals surface area contributed by atoms with Crippen LogP contribution in [-0.2, 0) is 0 Å². The molecule has 2 aromatic rings. The number of halogens is 1. The molecule has 0 aromatic heterocycles. The van der Waals surface area contributed by atoms with Crippen molar-refractivity contribution in [3.05, 3.63) is 52.5 Å². The molecule has 0 aliphatic carbocycles. The van der Waals surface area contributed by atoms with Crippen LogP contribution < -0.4 is 9.47 Å². The molecule has 4 heteroatoms. The van der Waals surface area contributed by atoms with Gasteiger partial charge in [-0.2, -0.15) is 0 Å². The van der Waals surface area contributed by atoms with Crippen LogP contribution >= 0.6 is 15.9 Å². The zero-order valence-electron chi connectivity index (χ0n) is 11.5. The molecular weight excluding hydrogens is 330 g/mol. The summed E-state index contributed by atoms with van der Waals surface area (Å²) in [6, 6.07) is 13.3. The van der Waals surface area contributed by atoms with E-state index in [4.69, 9.17) is 15.9 Å². The van der Waals surface area contributed by atoms with Gasteiger partial charge in [0.1, 0.15) is 18.1 Å². The van der Waals surface area contributed by atoms with Gasteiger partial charge in [-0.1, -0.05) is 5.92 Å². The quantitative estimate of drug-likeness (QED) is 0.601. The second kappa shape index (κ2) is 7.51. The largest absolute Gasteiger partial charge is 0.497 e. The van der Waals surface area contributed by atoms with E-state index in [1.807, 2.05) is 42.5 Å². The molecule has 2 aromatic carbocycles. The predicted octanol–water partition coefficient (Wildman–Crippen LogP) is 4.22. The molecule has 0 spiro atoms. The Kier molecular flexibility index (Phi) is 5.42. The lowest BCUT2D eigenvalue weighted by Crippen LogP contribution is -1.94. The number of nitrogens with zero attached hydrogens (tertiary/aromatic N) is 1. The second-order valence-electron chi connectivity index (χ2n) is 4.14. The summed E-state index contributed by atoms with van der Waals surface area (Å²) >= 11 is 3.45. The third-order valence-electron chi connectivity index (χ3n) is 2.70. The van der Waals surface area contributed by atoms with Crippen molar-refractivity contribution in [2.75, 3.05) is 13.7 Å². The van der Waals surface area contributed by atoms with Crippen LogP contribution in [0.25, 0.3) is 0 Å². The van der Waals surface area contributed by atoms with E-state index in [1.165, 1.54) is 0 Å². The molecule has 0 fully saturated rings. The summed E-state index contributed by atoms with van der Waals surface area (Å²) in [5.74, 6) is 3.96. The molecule has 0 N–H and O–H groups in total. The van der Waals surface area contributed by atoms with Crippen LogP contribution in [0, 0.1) is 12.3 Å². The van der Waals surface area contributed by atoms with Gasteiger partial charge in [-0.3, -0.25) is 4.99 Å². The minimum atomic E-state index is 0.248. The number of ether oxygens (including phenoxy) is 2. The molecule has 0 saturated heterocycles. The first kappa shape index (κ1) is 15.1. The summed E-state index contributed by atoms with van der Waals surface area (Å²) in [6.07, 6.45) is 6.96. The molecule has 0 unspecified atom stereocenters. The second-order valence-corrected chi connectivity index (χ2v) is 4.99. The minimum Gasteiger partial charge on any atom is -0.497 e. The van der Waals surface area contributed by atoms with Crippen molar-refractivity contribution < 1.29 is 9.47 Å². The van der Waals surface area contributed by atoms with E-state index in [0.717, 1.165) is 27.2 Å². The van der Waals surface area contributed by atoms with Gasteiger partial charge in [0, 0.05) is 6.21 Å². The molecule has 3 nitrogen and oxygen atoms in total. The van der Waals surface area contributed by atoms with E-state index in [1.54, 1.807) is 13.3 Å². The third kappa shape index (κ3) is 4.37. The Morgan fingerprint density at radius 2 is 2.00 bits per heavy atom. The number of terminal acetylenes is 1. The fraction of sp³-hybridized carbons (Fsp3) is 0.118. The van der Waals surface area contributed by atoms with Crippen LogP contribution in [0.2, 0.25) is 0 Å². The van der Waals surface area contributed by atoms with Gasteiger partial charge in [0.15, 0.2) is 0 Å². The van der Waals surface area contributed by atoms with E-state index < -0.39 is 0 Å². The maximum atomic E-state index is 5.39. The van der Waals surface area contributed by atoms with Gasteiger partial charge in [-0.15, -0.1) is 6.42 Å². The van der Waals surface area contributed by atoms with Crippen LogP contribution in [0.1, 0.15) is 5.56 Å². The first-order chi connectivity index (χ1) is 10.2. The highest BCUT2D eigenvalue weighted by molar-refractivity contribution is 9.10. The summed E-state index contributed by atoms with van der Waals surface area (Å²) in [6.45, 7) is 0.248. The van der Waals surface area contributed by atoms with Crippen molar-refractivity contribution in [3.8, 4) is 23.8 Å². The Labute approximate surface area is 132 Å². The average Bonchev–Trinajstić information content (AvgIpc) is 2.52. The van der Waals surface area contributed by atoms with Gasteiger partial charge in [-0.05, 0) is 64.0 Å². The third-order valence-corrected chi connectivity index (χ3v) is 3.32. The van der Waals surface area contributed by atoms with Crippen molar-refractivity contribution in [1.29, 1.82) is 0 Å². The topological polar surface area (TPSA) is 30.8 Å². The summed E-state index contributed by atoms with van der Waals surface area (Å²) < 4.78 is 11.3. The van der Waals surface area contributed by atoms with Crippen molar-refractivity contribution in [3.63, 3.8) is 0 Å². The Morgan fingerprint density at radius 1 is 1.24 bits per heavy atom. The number of methoxy groups -OCH3 is 1. The first-order valence-corrected chi connectivity index (χ1v) is 7.06. The number of benzene rings is 2. The molecule has 2 rings (SSSR count). The fourth-order valence-electron chi connectivity index (χ4n) is 1.65. The molecule has 106 valence electrons. The van der Waals surface area contributed by atoms with Crippen molar-refractivity contribution in [1.82, 2.24) is 0 Å². The zero-order valence-corrected chi connectivity index (χ0v) is 13.1. The standard InChI is InChI=1S/C17H14BrNO2/c1-3-10-21-17-9-4-13(11-16(17)18)12-19-14-5-7-15(20-2)8-6-14/h1,4-9,11-12H,10H2,2H3. The van der Waals surface area contributed by atoms with Gasteiger partial charge >= 0.3 is 0 Å². The molecular formula is C17H14BrNO2. The molecule has 0 aliphatic heterocycles. The van der Waals surface area contributed by atoms with Gasteiger partial charge in [0.2, 0.25) is 0 Å². The lowest BCUT2D eigenvalue weighted by Gasteiger charge is -2.05. The van der Waals surface area contributed by atoms with Gasteiger partial charge < -0.3 is 9.47 Å². The predicted molar refractivity (Wildman–Crippen MR) is 88.7 cm³/mol. The molecule has 0 aliphatic rings. The van der Waals surface area contributed by atoms with Crippen LogP contribution in [0.3, 0.4) is 0 Å². The van der Waals surface area contributed by atoms with Crippen molar-refractivity contribution in [2.45, 2.75) is 0 Å². The van der Waals surface area contributed by atoms with E-state index in [0.29, 0.717) is 0 Å². The van der Waals surface area contributed by atoms with Crippen LogP contribution in [0.4, 0.5) is 5.69 Å². The van der Waals surface area contributed by atoms with E-state index >= 15 is 0 Å². The summed E-state index contributed by atoms with van der Waals surface area (Å²) in [4.78, 5) is 4.41. The smallest absolute Gasteiger partial charge is 0.148 e. The van der Waals surface area contributed by atoms with Gasteiger partial charge in [0.05, 0.1) is 17.3 Å². The normalized spacial score (nSPS) is 10.3. The van der Waals surface area contributed by atoms with E-state index in [2.05, 4.69) is 26.8 Å². The number of hydrogen-bond donors (Lipinski definition) is 0. The highest BCUT2D eigenvalue weighted by Gasteiger charge is 2.01. The molecule has 0 saturated carbocycles. The van der Waals surface area contributed by atoms with Crippen LogP contribution in [-0.4, -0.2) is 19.9 Å². The molecule has 0 radical (unpaired) electrons. The maximum absolute atomic E-state index is 5.39. The highest BCUT2D eigenvalue weighted by Crippen LogP contribution is 2.26. The SMILES string of the molecule is C#CCOc1ccc(C=Nc2ccc(OC)cc2)cc1Br. The highest BCUT2D eigenvalue weighted by atomic mass is 79.9. The Hall–Kier alpha value is -2.25. The van der Waals surface area contributed by atoms with Crippen LogP contribution in [0.5, 0.6) is 11.5 Å². The Morgan fingerprint density at radius 3 is 2.62 bits per heavy atom. The Balaban J connectivity index is 2.10.